The third kappa shape index (κ3) is 2.52. The Morgan fingerprint density at radius 1 is 1.08 bits per heavy atom. The maximum Gasteiger partial charge on any atom is 0.247 e. The molecule has 2 amide bonds. The van der Waals surface area contributed by atoms with Crippen molar-refractivity contribution in [2.45, 2.75) is 31.8 Å². The highest BCUT2D eigenvalue weighted by Crippen LogP contribution is 2.29. The fourth-order valence-electron chi connectivity index (χ4n) is 3.45. The van der Waals surface area contributed by atoms with Gasteiger partial charge in [0.05, 0.1) is 0 Å². The van der Waals surface area contributed by atoms with Gasteiger partial charge in [-0.3, -0.25) is 9.59 Å². The molecule has 2 aliphatic rings. The van der Waals surface area contributed by atoms with Crippen LogP contribution in [0.2, 0.25) is 0 Å². The second kappa shape index (κ2) is 5.67. The topological polar surface area (TPSA) is 70.2 Å². The van der Waals surface area contributed by atoms with Gasteiger partial charge in [-0.05, 0) is 29.7 Å². The van der Waals surface area contributed by atoms with Crippen LogP contribution < -0.4 is 16.0 Å². The van der Waals surface area contributed by atoms with Crippen molar-refractivity contribution >= 4 is 23.2 Å². The second-order valence-corrected chi connectivity index (χ2v) is 6.42. The van der Waals surface area contributed by atoms with Crippen LogP contribution in [-0.2, 0) is 22.4 Å². The summed E-state index contributed by atoms with van der Waals surface area (Å²) >= 11 is 0. The van der Waals surface area contributed by atoms with Gasteiger partial charge in [-0.25, -0.2) is 0 Å². The number of aryl methyl sites for hydroxylation is 1. The molecule has 3 N–H and O–H groups in total. The summed E-state index contributed by atoms with van der Waals surface area (Å²) in [5.41, 5.74) is 5.19. The number of nitrogens with one attached hydrogen (secondary N) is 3. The van der Waals surface area contributed by atoms with Crippen LogP contribution >= 0.6 is 0 Å². The van der Waals surface area contributed by atoms with E-state index in [2.05, 4.69) is 16.0 Å². The Bertz CT molecular complexity index is 831. The first kappa shape index (κ1) is 14.8. The molecule has 0 saturated carbocycles. The van der Waals surface area contributed by atoms with Gasteiger partial charge in [-0.2, -0.15) is 0 Å². The van der Waals surface area contributed by atoms with Crippen molar-refractivity contribution in [2.75, 3.05) is 10.6 Å². The van der Waals surface area contributed by atoms with Gasteiger partial charge in [0.15, 0.2) is 0 Å². The van der Waals surface area contributed by atoms with Gasteiger partial charge >= 0.3 is 0 Å². The van der Waals surface area contributed by atoms with Gasteiger partial charge in [0.1, 0.15) is 12.1 Å². The maximum atomic E-state index is 12.6. The summed E-state index contributed by atoms with van der Waals surface area (Å²) in [5.74, 6) is -0.293. The molecule has 0 spiro atoms. The standard InChI is InChI=1S/C19H19N3O2/c1-11-5-4-7-13-10-15(20-17(11)13)18(23)22-16-9-12-6-2-3-8-14(12)21-19(16)24/h2-8,15-16,20H,9-10H2,1H3,(H,21,24)(H,22,23). The first-order valence-electron chi connectivity index (χ1n) is 8.16. The van der Waals surface area contributed by atoms with E-state index in [1.54, 1.807) is 0 Å². The molecular weight excluding hydrogens is 302 g/mol. The summed E-state index contributed by atoms with van der Waals surface area (Å²) in [7, 11) is 0. The van der Waals surface area contributed by atoms with E-state index in [9.17, 15) is 9.59 Å². The molecule has 2 aromatic carbocycles. The molecule has 2 heterocycles. The number of carbonyl (C=O) groups is 2. The molecule has 4 rings (SSSR count). The van der Waals surface area contributed by atoms with Crippen molar-refractivity contribution in [3.05, 3.63) is 59.2 Å². The fourth-order valence-corrected chi connectivity index (χ4v) is 3.45. The van der Waals surface area contributed by atoms with Gasteiger partial charge in [0, 0.05) is 24.2 Å². The smallest absolute Gasteiger partial charge is 0.247 e. The van der Waals surface area contributed by atoms with Gasteiger partial charge in [0.25, 0.3) is 0 Å². The lowest BCUT2D eigenvalue weighted by Crippen LogP contribution is -2.51. The van der Waals surface area contributed by atoms with Crippen LogP contribution in [0.1, 0.15) is 16.7 Å². The molecule has 0 radical (unpaired) electrons. The van der Waals surface area contributed by atoms with Crippen molar-refractivity contribution < 1.29 is 9.59 Å². The predicted octanol–water partition coefficient (Wildman–Crippen LogP) is 2.01. The van der Waals surface area contributed by atoms with E-state index in [4.69, 9.17) is 0 Å². The summed E-state index contributed by atoms with van der Waals surface area (Å²) in [6.07, 6.45) is 1.17. The Balaban J connectivity index is 1.46. The van der Waals surface area contributed by atoms with E-state index in [1.807, 2.05) is 49.4 Å². The number of hydrogen-bond acceptors (Lipinski definition) is 3. The summed E-state index contributed by atoms with van der Waals surface area (Å²) in [4.78, 5) is 24.8. The highest BCUT2D eigenvalue weighted by Gasteiger charge is 2.32. The number of benzene rings is 2. The monoisotopic (exact) mass is 321 g/mol. The highest BCUT2D eigenvalue weighted by atomic mass is 16.2. The van der Waals surface area contributed by atoms with E-state index in [0.717, 1.165) is 28.1 Å². The van der Waals surface area contributed by atoms with Crippen molar-refractivity contribution in [1.82, 2.24) is 5.32 Å². The number of amides is 2. The molecule has 0 bridgehead atoms. The van der Waals surface area contributed by atoms with Crippen LogP contribution in [0.3, 0.4) is 0 Å². The van der Waals surface area contributed by atoms with Crippen LogP contribution in [0, 0.1) is 6.92 Å². The Labute approximate surface area is 140 Å². The van der Waals surface area contributed by atoms with Crippen LogP contribution in [-0.4, -0.2) is 23.9 Å². The Hall–Kier alpha value is -2.82. The quantitative estimate of drug-likeness (QED) is 0.792. The fraction of sp³-hybridized carbons (Fsp3) is 0.263. The lowest BCUT2D eigenvalue weighted by molar-refractivity contribution is -0.127. The van der Waals surface area contributed by atoms with Gasteiger partial charge in [0.2, 0.25) is 11.8 Å². The maximum absolute atomic E-state index is 12.6. The Morgan fingerprint density at radius 2 is 1.88 bits per heavy atom. The SMILES string of the molecule is Cc1cccc2c1NC(C(=O)NC1Cc3ccccc3NC1=O)C2. The molecule has 0 aromatic heterocycles. The minimum atomic E-state index is -0.529. The molecular formula is C19H19N3O2. The van der Waals surface area contributed by atoms with Gasteiger partial charge in [-0.15, -0.1) is 0 Å². The van der Waals surface area contributed by atoms with E-state index in [1.165, 1.54) is 0 Å². The number of rotatable bonds is 2. The van der Waals surface area contributed by atoms with Gasteiger partial charge < -0.3 is 16.0 Å². The zero-order valence-corrected chi connectivity index (χ0v) is 13.4. The number of anilines is 2. The average molecular weight is 321 g/mol. The normalized spacial score (nSPS) is 21.3. The zero-order valence-electron chi connectivity index (χ0n) is 13.4. The van der Waals surface area contributed by atoms with Crippen molar-refractivity contribution in [3.8, 4) is 0 Å². The number of fused-ring (bicyclic) bond motifs is 2. The van der Waals surface area contributed by atoms with E-state index < -0.39 is 6.04 Å². The summed E-state index contributed by atoms with van der Waals surface area (Å²) < 4.78 is 0. The van der Waals surface area contributed by atoms with E-state index in [0.29, 0.717) is 12.8 Å². The lowest BCUT2D eigenvalue weighted by atomic mass is 9.98. The molecule has 0 saturated heterocycles. The van der Waals surface area contributed by atoms with Crippen LogP contribution in [0.4, 0.5) is 11.4 Å². The number of para-hydroxylation sites is 2. The number of carbonyl (C=O) groups excluding carboxylic acids is 2. The molecule has 2 unspecified atom stereocenters. The summed E-state index contributed by atoms with van der Waals surface area (Å²) in [5, 5.41) is 9.03. The average Bonchev–Trinajstić information content (AvgIpc) is 3.01. The summed E-state index contributed by atoms with van der Waals surface area (Å²) in [6, 6.07) is 12.9. The molecule has 2 aliphatic heterocycles. The third-order valence-corrected chi connectivity index (χ3v) is 4.75. The zero-order chi connectivity index (χ0) is 16.7. The molecule has 2 aromatic rings. The minimum Gasteiger partial charge on any atom is -0.373 e. The van der Waals surface area contributed by atoms with E-state index in [-0.39, 0.29) is 17.9 Å². The second-order valence-electron chi connectivity index (χ2n) is 6.42. The Morgan fingerprint density at radius 3 is 2.71 bits per heavy atom. The van der Waals surface area contributed by atoms with Crippen LogP contribution in [0.25, 0.3) is 0 Å². The molecule has 24 heavy (non-hydrogen) atoms. The molecule has 5 heteroatoms. The first-order valence-corrected chi connectivity index (χ1v) is 8.16. The first-order chi connectivity index (χ1) is 11.6. The van der Waals surface area contributed by atoms with Crippen molar-refractivity contribution in [1.29, 1.82) is 0 Å². The summed E-state index contributed by atoms with van der Waals surface area (Å²) in [6.45, 7) is 2.03. The van der Waals surface area contributed by atoms with E-state index >= 15 is 0 Å². The minimum absolute atomic E-state index is 0.134. The molecule has 5 nitrogen and oxygen atoms in total. The van der Waals surface area contributed by atoms with Crippen LogP contribution in [0.5, 0.6) is 0 Å². The highest BCUT2D eigenvalue weighted by molar-refractivity contribution is 6.01. The lowest BCUT2D eigenvalue weighted by Gasteiger charge is -2.26. The van der Waals surface area contributed by atoms with Crippen molar-refractivity contribution in [3.63, 3.8) is 0 Å². The van der Waals surface area contributed by atoms with Gasteiger partial charge in [-0.1, -0.05) is 36.4 Å². The molecule has 0 aliphatic carbocycles. The molecule has 0 fully saturated rings. The predicted molar refractivity (Wildman–Crippen MR) is 93.0 cm³/mol. The largest absolute Gasteiger partial charge is 0.373 e. The molecule has 2 atom stereocenters. The van der Waals surface area contributed by atoms with Crippen molar-refractivity contribution in [2.24, 2.45) is 0 Å². The Kier molecular flexibility index (Phi) is 3.49. The molecule has 122 valence electrons. The number of hydrogen-bond donors (Lipinski definition) is 3. The third-order valence-electron chi connectivity index (χ3n) is 4.75. The van der Waals surface area contributed by atoms with Crippen LogP contribution in [0.15, 0.2) is 42.5 Å².